The number of nitrogens with zero attached hydrogens (tertiary/aromatic N) is 4. The minimum Gasteiger partial charge on any atom is -0.482 e. The molecule has 0 saturated heterocycles. The maximum Gasteiger partial charge on any atom is 0.272 e. The van der Waals surface area contributed by atoms with Crippen LogP contribution in [0.2, 0.25) is 0 Å². The normalized spacial score (nSPS) is 13.6. The molecule has 0 atom stereocenters. The summed E-state index contributed by atoms with van der Waals surface area (Å²) in [6, 6.07) is 16.7. The average molecular weight is 528 g/mol. The lowest BCUT2D eigenvalue weighted by atomic mass is 10.1. The summed E-state index contributed by atoms with van der Waals surface area (Å²) in [7, 11) is 0. The summed E-state index contributed by atoms with van der Waals surface area (Å²) >= 11 is 1.43. The van der Waals surface area contributed by atoms with E-state index in [1.165, 1.54) is 17.4 Å². The Bertz CT molecular complexity index is 1700. The van der Waals surface area contributed by atoms with E-state index in [9.17, 15) is 14.9 Å². The Morgan fingerprint density at radius 3 is 2.66 bits per heavy atom. The maximum atomic E-state index is 11.9. The van der Waals surface area contributed by atoms with Gasteiger partial charge >= 0.3 is 0 Å². The van der Waals surface area contributed by atoms with Gasteiger partial charge in [0.05, 0.1) is 27.7 Å². The lowest BCUT2D eigenvalue weighted by molar-refractivity contribution is -0.385. The molecule has 1 aromatic heterocycles. The second-order valence-corrected chi connectivity index (χ2v) is 9.95. The molecule has 0 fully saturated rings. The quantitative estimate of drug-likeness (QED) is 0.198. The van der Waals surface area contributed by atoms with Crippen molar-refractivity contribution in [3.63, 3.8) is 0 Å². The highest BCUT2D eigenvalue weighted by atomic mass is 32.1. The Kier molecular flexibility index (Phi) is 6.64. The van der Waals surface area contributed by atoms with Crippen molar-refractivity contribution in [2.45, 2.75) is 27.7 Å². The van der Waals surface area contributed by atoms with Crippen LogP contribution in [0.25, 0.3) is 11.3 Å². The SMILES string of the molecule is CC(=Nn1c(-c2ccc3c(c2)NC(=O)CO3)csc1=Nc1ccc(C)cc1C)c1ccc(C)c([N+](=O)[O-])c1. The van der Waals surface area contributed by atoms with Crippen LogP contribution >= 0.6 is 11.3 Å². The Balaban J connectivity index is 1.68. The Labute approximate surface area is 222 Å². The van der Waals surface area contributed by atoms with Gasteiger partial charge in [-0.25, -0.2) is 9.67 Å². The highest BCUT2D eigenvalue weighted by molar-refractivity contribution is 7.07. The van der Waals surface area contributed by atoms with Crippen LogP contribution in [-0.4, -0.2) is 27.8 Å². The molecule has 10 heteroatoms. The maximum absolute atomic E-state index is 11.9. The van der Waals surface area contributed by atoms with E-state index in [2.05, 4.69) is 11.4 Å². The van der Waals surface area contributed by atoms with Crippen molar-refractivity contribution >= 4 is 40.0 Å². The number of hydrogen-bond acceptors (Lipinski definition) is 7. The van der Waals surface area contributed by atoms with E-state index in [1.807, 2.05) is 62.5 Å². The number of rotatable bonds is 5. The average Bonchev–Trinajstić information content (AvgIpc) is 3.27. The first kappa shape index (κ1) is 25.1. The van der Waals surface area contributed by atoms with Gasteiger partial charge in [-0.2, -0.15) is 5.10 Å². The number of anilines is 1. The molecule has 0 saturated carbocycles. The Morgan fingerprint density at radius 1 is 1.08 bits per heavy atom. The Morgan fingerprint density at radius 2 is 1.89 bits per heavy atom. The molecule has 5 rings (SSSR count). The minimum absolute atomic E-state index is 0.0180. The molecule has 192 valence electrons. The third kappa shape index (κ3) is 4.98. The second kappa shape index (κ2) is 10.1. The summed E-state index contributed by atoms with van der Waals surface area (Å²) < 4.78 is 7.24. The van der Waals surface area contributed by atoms with Gasteiger partial charge in [-0.05, 0) is 57.5 Å². The van der Waals surface area contributed by atoms with Gasteiger partial charge in [-0.3, -0.25) is 14.9 Å². The molecule has 1 N–H and O–H groups in total. The molecule has 38 heavy (non-hydrogen) atoms. The largest absolute Gasteiger partial charge is 0.482 e. The van der Waals surface area contributed by atoms with E-state index in [0.29, 0.717) is 33.1 Å². The summed E-state index contributed by atoms with van der Waals surface area (Å²) in [6.07, 6.45) is 0. The first-order chi connectivity index (χ1) is 18.2. The molecule has 9 nitrogen and oxygen atoms in total. The van der Waals surface area contributed by atoms with E-state index < -0.39 is 0 Å². The van der Waals surface area contributed by atoms with Crippen molar-refractivity contribution in [3.8, 4) is 17.0 Å². The van der Waals surface area contributed by atoms with Crippen LogP contribution in [-0.2, 0) is 4.79 Å². The van der Waals surface area contributed by atoms with Crippen LogP contribution in [0.15, 0.2) is 70.1 Å². The third-order valence-electron chi connectivity index (χ3n) is 6.24. The number of carbonyl (C=O) groups excluding carboxylic acids is 1. The molecule has 0 spiro atoms. The zero-order valence-electron chi connectivity index (χ0n) is 21.3. The first-order valence-corrected chi connectivity index (χ1v) is 12.8. The molecule has 1 aliphatic rings. The lowest BCUT2D eigenvalue weighted by Gasteiger charge is -2.18. The van der Waals surface area contributed by atoms with Gasteiger partial charge in [-0.1, -0.05) is 29.8 Å². The molecule has 2 heterocycles. The first-order valence-electron chi connectivity index (χ1n) is 11.9. The van der Waals surface area contributed by atoms with E-state index in [0.717, 1.165) is 28.1 Å². The molecule has 0 aliphatic carbocycles. The van der Waals surface area contributed by atoms with Gasteiger partial charge in [-0.15, -0.1) is 11.3 Å². The Hall–Kier alpha value is -4.57. The van der Waals surface area contributed by atoms with Crippen LogP contribution < -0.4 is 14.9 Å². The standard InChI is InChI=1S/C28H25N5O4S/c1-16-5-9-22(18(3)11-16)30-28-32(31-19(4)20-7-6-17(2)24(13-20)33(35)36)25(15-38-28)21-8-10-26-23(12-21)29-27(34)14-37-26/h5-13,15H,14H2,1-4H3,(H,29,34). The monoisotopic (exact) mass is 527 g/mol. The van der Waals surface area contributed by atoms with Crippen LogP contribution in [0.3, 0.4) is 0 Å². The number of amides is 1. The highest BCUT2D eigenvalue weighted by Gasteiger charge is 2.19. The lowest BCUT2D eigenvalue weighted by Crippen LogP contribution is -2.25. The number of hydrogen-bond donors (Lipinski definition) is 1. The number of nitrogens with one attached hydrogen (secondary N) is 1. The van der Waals surface area contributed by atoms with Crippen LogP contribution in [0.5, 0.6) is 5.75 Å². The summed E-state index contributed by atoms with van der Waals surface area (Å²) in [5.41, 5.74) is 6.99. The van der Waals surface area contributed by atoms with E-state index >= 15 is 0 Å². The molecular formula is C28H25N5O4S. The van der Waals surface area contributed by atoms with Crippen LogP contribution in [0.1, 0.15) is 29.2 Å². The minimum atomic E-state index is -0.389. The van der Waals surface area contributed by atoms with Crippen LogP contribution in [0, 0.1) is 30.9 Å². The van der Waals surface area contributed by atoms with E-state index in [-0.39, 0.29) is 23.1 Å². The van der Waals surface area contributed by atoms with Crippen molar-refractivity contribution in [1.82, 2.24) is 4.68 Å². The van der Waals surface area contributed by atoms with Gasteiger partial charge in [0.1, 0.15) is 5.75 Å². The summed E-state index contributed by atoms with van der Waals surface area (Å²) in [5, 5.41) is 21.2. The predicted molar refractivity (Wildman–Crippen MR) is 148 cm³/mol. The van der Waals surface area contributed by atoms with Gasteiger partial charge in [0.15, 0.2) is 6.61 Å². The van der Waals surface area contributed by atoms with Crippen molar-refractivity contribution in [1.29, 1.82) is 0 Å². The molecule has 4 aromatic rings. The zero-order valence-corrected chi connectivity index (χ0v) is 22.1. The number of aryl methyl sites for hydroxylation is 3. The van der Waals surface area contributed by atoms with E-state index in [4.69, 9.17) is 14.8 Å². The number of aromatic nitrogens is 1. The van der Waals surface area contributed by atoms with Gasteiger partial charge in [0.2, 0.25) is 4.80 Å². The van der Waals surface area contributed by atoms with Crippen molar-refractivity contribution in [2.24, 2.45) is 10.1 Å². The van der Waals surface area contributed by atoms with Crippen LogP contribution in [0.4, 0.5) is 17.1 Å². The number of ether oxygens (including phenoxy) is 1. The van der Waals surface area contributed by atoms with Gasteiger partial charge < -0.3 is 10.1 Å². The van der Waals surface area contributed by atoms with Crippen molar-refractivity contribution in [3.05, 3.63) is 97.1 Å². The number of fused-ring (bicyclic) bond motifs is 1. The third-order valence-corrected chi connectivity index (χ3v) is 7.05. The van der Waals surface area contributed by atoms with Crippen molar-refractivity contribution in [2.75, 3.05) is 11.9 Å². The predicted octanol–water partition coefficient (Wildman–Crippen LogP) is 5.89. The molecule has 1 amide bonds. The van der Waals surface area contributed by atoms with Gasteiger partial charge in [0, 0.05) is 28.1 Å². The molecule has 0 unspecified atom stereocenters. The number of nitro groups is 1. The molecule has 0 bridgehead atoms. The topological polar surface area (TPSA) is 111 Å². The zero-order chi connectivity index (χ0) is 27.0. The molecule has 1 aliphatic heterocycles. The summed E-state index contributed by atoms with van der Waals surface area (Å²) in [5.74, 6) is 0.384. The van der Waals surface area contributed by atoms with Gasteiger partial charge in [0.25, 0.3) is 11.6 Å². The number of carbonyl (C=O) groups is 1. The summed E-state index contributed by atoms with van der Waals surface area (Å²) in [4.78, 5) is 28.5. The smallest absolute Gasteiger partial charge is 0.272 e. The molecule has 3 aromatic carbocycles. The van der Waals surface area contributed by atoms with E-state index in [1.54, 1.807) is 17.7 Å². The molecular weight excluding hydrogens is 502 g/mol. The summed E-state index contributed by atoms with van der Waals surface area (Å²) in [6.45, 7) is 7.55. The second-order valence-electron chi connectivity index (χ2n) is 9.11. The fourth-order valence-corrected chi connectivity index (χ4v) is 5.03. The number of benzene rings is 3. The number of nitro benzene ring substituents is 1. The number of thiazole rings is 1. The highest BCUT2D eigenvalue weighted by Crippen LogP contribution is 2.33. The molecule has 0 radical (unpaired) electrons. The fourth-order valence-electron chi connectivity index (χ4n) is 4.19. The van der Waals surface area contributed by atoms with Crippen molar-refractivity contribution < 1.29 is 14.5 Å². The fraction of sp³-hybridized carbons (Fsp3) is 0.179.